The first kappa shape index (κ1) is 12.6. The highest BCUT2D eigenvalue weighted by Gasteiger charge is 1.89. The number of anilines is 2. The first-order chi connectivity index (χ1) is 9.34. The van der Waals surface area contributed by atoms with Crippen LogP contribution in [0.5, 0.6) is 0 Å². The Labute approximate surface area is 111 Å². The molecular formula is C14H15N5. The predicted molar refractivity (Wildman–Crippen MR) is 80.2 cm³/mol. The summed E-state index contributed by atoms with van der Waals surface area (Å²) in [6, 6.07) is 19.2. The Morgan fingerprint density at radius 2 is 1.37 bits per heavy atom. The van der Waals surface area contributed by atoms with Gasteiger partial charge in [-0.05, 0) is 24.3 Å². The van der Waals surface area contributed by atoms with Gasteiger partial charge in [0.25, 0.3) is 0 Å². The van der Waals surface area contributed by atoms with Gasteiger partial charge in [0.05, 0.1) is 17.6 Å². The molecule has 0 bridgehead atoms. The van der Waals surface area contributed by atoms with E-state index in [4.69, 9.17) is 5.73 Å². The Bertz CT molecular complexity index is 549. The third kappa shape index (κ3) is 4.51. The lowest BCUT2D eigenvalue weighted by molar-refractivity contribution is 1.32. The molecule has 96 valence electrons. The molecular weight excluding hydrogens is 238 g/mol. The van der Waals surface area contributed by atoms with Crippen molar-refractivity contribution in [1.82, 2.24) is 0 Å². The molecule has 0 atom stereocenters. The molecule has 0 saturated heterocycles. The van der Waals surface area contributed by atoms with E-state index in [0.717, 1.165) is 11.4 Å². The minimum atomic E-state index is 0.285. The van der Waals surface area contributed by atoms with Gasteiger partial charge < -0.3 is 5.73 Å². The number of nitrogens with two attached hydrogens (primary N) is 1. The minimum Gasteiger partial charge on any atom is -0.381 e. The van der Waals surface area contributed by atoms with Crippen molar-refractivity contribution in [2.24, 2.45) is 15.9 Å². The molecule has 5 heteroatoms. The molecule has 0 aliphatic carbocycles. The molecule has 2 rings (SSSR count). The van der Waals surface area contributed by atoms with E-state index in [1.807, 2.05) is 60.7 Å². The zero-order chi connectivity index (χ0) is 13.3. The Morgan fingerprint density at radius 3 is 1.95 bits per heavy atom. The van der Waals surface area contributed by atoms with Gasteiger partial charge in [-0.25, -0.2) is 0 Å². The van der Waals surface area contributed by atoms with Gasteiger partial charge in [0, 0.05) is 0 Å². The van der Waals surface area contributed by atoms with Crippen molar-refractivity contribution in [1.29, 1.82) is 0 Å². The summed E-state index contributed by atoms with van der Waals surface area (Å²) in [6.45, 7) is 0. The number of rotatable bonds is 5. The molecule has 0 aliphatic rings. The molecule has 0 fully saturated rings. The van der Waals surface area contributed by atoms with Crippen LogP contribution >= 0.6 is 0 Å². The standard InChI is InChI=1S/C14H15N5/c15-14(19-18-13-9-5-2-6-10-13)11-16-17-12-7-3-1-4-8-12/h1-11,17-18H,(H2,15,19)/b16-11+. The first-order valence-corrected chi connectivity index (χ1v) is 5.83. The Balaban J connectivity index is 1.85. The number of hydrogen-bond donors (Lipinski definition) is 3. The van der Waals surface area contributed by atoms with Crippen molar-refractivity contribution in [3.05, 3.63) is 60.7 Å². The van der Waals surface area contributed by atoms with E-state index < -0.39 is 0 Å². The third-order valence-corrected chi connectivity index (χ3v) is 2.25. The predicted octanol–water partition coefficient (Wildman–Crippen LogP) is 2.47. The topological polar surface area (TPSA) is 74.8 Å². The fraction of sp³-hybridized carbons (Fsp3) is 0. The smallest absolute Gasteiger partial charge is 0.163 e. The maximum atomic E-state index is 5.68. The van der Waals surface area contributed by atoms with Crippen molar-refractivity contribution in [3.8, 4) is 0 Å². The zero-order valence-corrected chi connectivity index (χ0v) is 10.3. The molecule has 2 aromatic rings. The van der Waals surface area contributed by atoms with Gasteiger partial charge in [-0.2, -0.15) is 10.2 Å². The number of benzene rings is 2. The van der Waals surface area contributed by atoms with Crippen molar-refractivity contribution in [2.75, 3.05) is 10.9 Å². The van der Waals surface area contributed by atoms with Gasteiger partial charge in [-0.15, -0.1) is 0 Å². The van der Waals surface area contributed by atoms with E-state index in [1.165, 1.54) is 6.21 Å². The highest BCUT2D eigenvalue weighted by molar-refractivity contribution is 6.28. The molecule has 2 aromatic carbocycles. The lowest BCUT2D eigenvalue weighted by Crippen LogP contribution is -2.16. The van der Waals surface area contributed by atoms with Gasteiger partial charge in [0.15, 0.2) is 5.84 Å². The van der Waals surface area contributed by atoms with Crippen LogP contribution in [0, 0.1) is 0 Å². The van der Waals surface area contributed by atoms with Gasteiger partial charge >= 0.3 is 0 Å². The molecule has 19 heavy (non-hydrogen) atoms. The zero-order valence-electron chi connectivity index (χ0n) is 10.3. The van der Waals surface area contributed by atoms with Gasteiger partial charge in [0.1, 0.15) is 0 Å². The van der Waals surface area contributed by atoms with Crippen LogP contribution in [-0.2, 0) is 0 Å². The van der Waals surface area contributed by atoms with E-state index in [0.29, 0.717) is 0 Å². The van der Waals surface area contributed by atoms with Crippen LogP contribution in [0.1, 0.15) is 0 Å². The number of hydrogen-bond acceptors (Lipinski definition) is 4. The fourth-order valence-electron chi connectivity index (χ4n) is 1.36. The minimum absolute atomic E-state index is 0.285. The molecule has 0 aliphatic heterocycles. The van der Waals surface area contributed by atoms with Crippen LogP contribution < -0.4 is 16.6 Å². The second kappa shape index (κ2) is 6.80. The SMILES string of the molecule is NC(/C=N/Nc1ccccc1)=N\Nc1ccccc1. The second-order valence-electron chi connectivity index (χ2n) is 3.75. The van der Waals surface area contributed by atoms with E-state index in [9.17, 15) is 0 Å². The summed E-state index contributed by atoms with van der Waals surface area (Å²) in [5, 5.41) is 7.96. The summed E-state index contributed by atoms with van der Waals surface area (Å²) in [7, 11) is 0. The van der Waals surface area contributed by atoms with Crippen LogP contribution in [0.3, 0.4) is 0 Å². The Morgan fingerprint density at radius 1 is 0.842 bits per heavy atom. The summed E-state index contributed by atoms with van der Waals surface area (Å²) in [5.74, 6) is 0.285. The Kier molecular flexibility index (Phi) is 4.52. The number of nitrogens with zero attached hydrogens (tertiary/aromatic N) is 2. The molecule has 0 saturated carbocycles. The van der Waals surface area contributed by atoms with Gasteiger partial charge in [-0.1, -0.05) is 36.4 Å². The average Bonchev–Trinajstić information content (AvgIpc) is 2.47. The van der Waals surface area contributed by atoms with Crippen molar-refractivity contribution in [3.63, 3.8) is 0 Å². The van der Waals surface area contributed by atoms with Crippen LogP contribution in [0.2, 0.25) is 0 Å². The lowest BCUT2D eigenvalue weighted by atomic mass is 10.3. The van der Waals surface area contributed by atoms with E-state index in [2.05, 4.69) is 21.1 Å². The molecule has 0 aromatic heterocycles. The van der Waals surface area contributed by atoms with Gasteiger partial charge in [-0.3, -0.25) is 10.9 Å². The molecule has 0 spiro atoms. The second-order valence-corrected chi connectivity index (χ2v) is 3.75. The summed E-state index contributed by atoms with van der Waals surface area (Å²) in [5.41, 5.74) is 13.1. The van der Waals surface area contributed by atoms with Gasteiger partial charge in [0.2, 0.25) is 0 Å². The van der Waals surface area contributed by atoms with Crippen molar-refractivity contribution in [2.45, 2.75) is 0 Å². The highest BCUT2D eigenvalue weighted by atomic mass is 15.3. The summed E-state index contributed by atoms with van der Waals surface area (Å²) < 4.78 is 0. The van der Waals surface area contributed by atoms with Crippen molar-refractivity contribution < 1.29 is 0 Å². The number of para-hydroxylation sites is 2. The Hall–Kier alpha value is -2.82. The van der Waals surface area contributed by atoms with Crippen LogP contribution in [0.25, 0.3) is 0 Å². The average molecular weight is 253 g/mol. The first-order valence-electron chi connectivity index (χ1n) is 5.83. The molecule has 0 amide bonds. The van der Waals surface area contributed by atoms with E-state index >= 15 is 0 Å². The number of nitrogens with one attached hydrogen (secondary N) is 2. The van der Waals surface area contributed by atoms with Crippen LogP contribution in [-0.4, -0.2) is 12.1 Å². The number of hydrazone groups is 2. The molecule has 4 N–H and O–H groups in total. The quantitative estimate of drug-likeness (QED) is 0.435. The van der Waals surface area contributed by atoms with E-state index in [1.54, 1.807) is 0 Å². The maximum Gasteiger partial charge on any atom is 0.163 e. The van der Waals surface area contributed by atoms with Crippen molar-refractivity contribution >= 4 is 23.4 Å². The highest BCUT2D eigenvalue weighted by Crippen LogP contribution is 2.04. The molecule has 0 heterocycles. The lowest BCUT2D eigenvalue weighted by Gasteiger charge is -2.00. The largest absolute Gasteiger partial charge is 0.381 e. The maximum absolute atomic E-state index is 5.68. The summed E-state index contributed by atoms with van der Waals surface area (Å²) in [6.07, 6.45) is 1.45. The molecule has 0 unspecified atom stereocenters. The summed E-state index contributed by atoms with van der Waals surface area (Å²) in [4.78, 5) is 0. The molecule has 5 nitrogen and oxygen atoms in total. The molecule has 0 radical (unpaired) electrons. The third-order valence-electron chi connectivity index (χ3n) is 2.25. The summed E-state index contributed by atoms with van der Waals surface area (Å²) >= 11 is 0. The number of amidine groups is 1. The monoisotopic (exact) mass is 253 g/mol. The van der Waals surface area contributed by atoms with E-state index in [-0.39, 0.29) is 5.84 Å². The fourth-order valence-corrected chi connectivity index (χ4v) is 1.36. The normalized spacial score (nSPS) is 11.5. The van der Waals surface area contributed by atoms with Crippen LogP contribution in [0.4, 0.5) is 11.4 Å². The van der Waals surface area contributed by atoms with Crippen LogP contribution in [0.15, 0.2) is 70.9 Å².